The van der Waals surface area contributed by atoms with Gasteiger partial charge in [0.05, 0.1) is 41.6 Å². The minimum absolute atomic E-state index is 0.00328. The van der Waals surface area contributed by atoms with Crippen molar-refractivity contribution in [1.29, 1.82) is 0 Å². The maximum absolute atomic E-state index is 11.6. The largest absolute Gasteiger partial charge is 0.495 e. The third-order valence-corrected chi connectivity index (χ3v) is 8.54. The fraction of sp³-hybridized carbons (Fsp3) is 0.312. The van der Waals surface area contributed by atoms with E-state index in [1.54, 1.807) is 25.4 Å². The summed E-state index contributed by atoms with van der Waals surface area (Å²) in [6, 6.07) is 20.3. The minimum atomic E-state index is -0.393. The molecule has 2 aliphatic rings. The van der Waals surface area contributed by atoms with E-state index in [-0.39, 0.29) is 23.9 Å². The van der Waals surface area contributed by atoms with Crippen LogP contribution in [-0.2, 0) is 0 Å². The first-order valence-corrected chi connectivity index (χ1v) is 14.6. The van der Waals surface area contributed by atoms with E-state index in [1.165, 1.54) is 18.9 Å². The summed E-state index contributed by atoms with van der Waals surface area (Å²) in [6.07, 6.45) is 6.69. The van der Waals surface area contributed by atoms with Crippen LogP contribution in [0.5, 0.6) is 11.5 Å². The highest BCUT2D eigenvalue weighted by molar-refractivity contribution is 7.80. The predicted octanol–water partition coefficient (Wildman–Crippen LogP) is 6.90. The van der Waals surface area contributed by atoms with Gasteiger partial charge in [-0.25, -0.2) is 0 Å². The van der Waals surface area contributed by atoms with Crippen molar-refractivity contribution in [3.63, 3.8) is 0 Å². The van der Waals surface area contributed by atoms with Gasteiger partial charge < -0.3 is 24.3 Å². The van der Waals surface area contributed by atoms with Gasteiger partial charge in [0.15, 0.2) is 5.11 Å². The molecule has 0 bridgehead atoms. The van der Waals surface area contributed by atoms with Gasteiger partial charge in [0, 0.05) is 35.4 Å². The molecule has 6 rings (SSSR count). The van der Waals surface area contributed by atoms with Crippen LogP contribution in [0.1, 0.15) is 60.4 Å². The van der Waals surface area contributed by atoms with Crippen LogP contribution in [0.2, 0.25) is 0 Å². The molecule has 3 heterocycles. The molecule has 1 saturated heterocycles. The van der Waals surface area contributed by atoms with E-state index in [0.29, 0.717) is 16.5 Å². The monoisotopic (exact) mass is 583 g/mol. The lowest BCUT2D eigenvalue weighted by molar-refractivity contribution is -0.384. The first-order chi connectivity index (χ1) is 20.4. The SMILES string of the molecule is COc1ccc([N+](=O)[O-])cc1-n1c(C)cc([C@@H]2[C@@H](c3ccccn3)NC(=S)N2c2ccc(OC3CCCC3)cc2)c1C. The van der Waals surface area contributed by atoms with Crippen LogP contribution in [0.3, 0.4) is 0 Å². The van der Waals surface area contributed by atoms with E-state index in [1.807, 2.05) is 48.7 Å². The molecule has 2 aromatic heterocycles. The highest BCUT2D eigenvalue weighted by Crippen LogP contribution is 2.44. The molecule has 0 unspecified atom stereocenters. The standard InChI is InChI=1S/C32H33N5O4S/c1-20-18-26(21(2)35(20)28-19-23(37(38)39)13-16-29(28)40-3)31-30(27-10-6-7-17-33-27)34-32(42)36(31)22-11-14-25(15-12-22)41-24-8-4-5-9-24/h6-7,10-19,24,30-31H,4-5,8-9H2,1-3H3,(H,34,42)/t30-,31-/m1/s1. The summed E-state index contributed by atoms with van der Waals surface area (Å²) in [5.41, 5.74) is 5.27. The fourth-order valence-corrected chi connectivity index (χ4v) is 6.60. The van der Waals surface area contributed by atoms with Crippen LogP contribution in [0.25, 0.3) is 5.69 Å². The topological polar surface area (TPSA) is 94.7 Å². The van der Waals surface area contributed by atoms with E-state index in [0.717, 1.165) is 46.9 Å². The number of rotatable bonds is 8. The molecule has 2 aromatic carbocycles. The maximum Gasteiger partial charge on any atom is 0.271 e. The van der Waals surface area contributed by atoms with Crippen LogP contribution in [0, 0.1) is 24.0 Å². The van der Waals surface area contributed by atoms with Gasteiger partial charge in [-0.2, -0.15) is 0 Å². The molecule has 0 radical (unpaired) electrons. The Labute approximate surface area is 250 Å². The quantitative estimate of drug-likeness (QED) is 0.136. The second-order valence-electron chi connectivity index (χ2n) is 10.8. The first kappa shape index (κ1) is 27.7. The maximum atomic E-state index is 11.6. The number of methoxy groups -OCH3 is 1. The van der Waals surface area contributed by atoms with E-state index in [9.17, 15) is 10.1 Å². The molecule has 1 aliphatic heterocycles. The third-order valence-electron chi connectivity index (χ3n) is 8.22. The van der Waals surface area contributed by atoms with Crippen molar-refractivity contribution in [2.45, 2.75) is 57.7 Å². The lowest BCUT2D eigenvalue weighted by Gasteiger charge is -2.28. The highest BCUT2D eigenvalue weighted by Gasteiger charge is 2.42. The number of pyridine rings is 1. The summed E-state index contributed by atoms with van der Waals surface area (Å²) in [5, 5.41) is 15.8. The van der Waals surface area contributed by atoms with Crippen molar-refractivity contribution in [3.8, 4) is 17.2 Å². The Morgan fingerprint density at radius 3 is 2.48 bits per heavy atom. The summed E-state index contributed by atoms with van der Waals surface area (Å²) >= 11 is 5.94. The Hall–Kier alpha value is -4.44. The molecule has 10 heteroatoms. The molecule has 42 heavy (non-hydrogen) atoms. The number of benzene rings is 2. The van der Waals surface area contributed by atoms with Gasteiger partial charge in [0.25, 0.3) is 5.69 Å². The number of anilines is 1. The average Bonchev–Trinajstić information content (AvgIpc) is 3.71. The van der Waals surface area contributed by atoms with Gasteiger partial charge in [0.2, 0.25) is 0 Å². The molecule has 216 valence electrons. The summed E-state index contributed by atoms with van der Waals surface area (Å²) in [7, 11) is 1.57. The fourth-order valence-electron chi connectivity index (χ4n) is 6.26. The second-order valence-corrected chi connectivity index (χ2v) is 11.2. The Morgan fingerprint density at radius 2 is 1.81 bits per heavy atom. The van der Waals surface area contributed by atoms with Crippen molar-refractivity contribution >= 4 is 28.7 Å². The number of nitro groups is 1. The molecule has 2 atom stereocenters. The number of ether oxygens (including phenoxy) is 2. The van der Waals surface area contributed by atoms with Gasteiger partial charge in [-0.05, 0) is 106 Å². The molecule has 1 aliphatic carbocycles. The number of nitrogens with zero attached hydrogens (tertiary/aromatic N) is 4. The second kappa shape index (κ2) is 11.4. The lowest BCUT2D eigenvalue weighted by Crippen LogP contribution is -2.29. The molecule has 9 nitrogen and oxygen atoms in total. The molecular weight excluding hydrogens is 550 g/mol. The molecule has 1 N–H and O–H groups in total. The van der Waals surface area contributed by atoms with Crippen molar-refractivity contribution in [2.75, 3.05) is 12.0 Å². The Morgan fingerprint density at radius 1 is 1.05 bits per heavy atom. The van der Waals surface area contributed by atoms with Crippen molar-refractivity contribution < 1.29 is 14.4 Å². The minimum Gasteiger partial charge on any atom is -0.495 e. The molecular formula is C32H33N5O4S. The van der Waals surface area contributed by atoms with Gasteiger partial charge in [0.1, 0.15) is 11.5 Å². The average molecular weight is 584 g/mol. The summed E-state index contributed by atoms with van der Waals surface area (Å²) in [6.45, 7) is 4.01. The number of hydrogen-bond donors (Lipinski definition) is 1. The van der Waals surface area contributed by atoms with Crippen LogP contribution >= 0.6 is 12.2 Å². The number of hydrogen-bond acceptors (Lipinski definition) is 6. The predicted molar refractivity (Wildman–Crippen MR) is 166 cm³/mol. The van der Waals surface area contributed by atoms with Crippen LogP contribution in [0.15, 0.2) is 72.9 Å². The van der Waals surface area contributed by atoms with Crippen LogP contribution < -0.4 is 19.7 Å². The lowest BCUT2D eigenvalue weighted by atomic mass is 9.96. The van der Waals surface area contributed by atoms with Gasteiger partial charge >= 0.3 is 0 Å². The van der Waals surface area contributed by atoms with Crippen molar-refractivity contribution in [2.24, 2.45) is 0 Å². The number of nitro benzene ring substituents is 1. The van der Waals surface area contributed by atoms with Crippen LogP contribution in [0.4, 0.5) is 11.4 Å². The van der Waals surface area contributed by atoms with Gasteiger partial charge in [-0.15, -0.1) is 0 Å². The Kier molecular flexibility index (Phi) is 7.55. The Bertz CT molecular complexity index is 1620. The molecule has 2 fully saturated rings. The van der Waals surface area contributed by atoms with E-state index in [2.05, 4.69) is 33.4 Å². The van der Waals surface area contributed by atoms with Gasteiger partial charge in [-0.1, -0.05) is 6.07 Å². The van der Waals surface area contributed by atoms with E-state index >= 15 is 0 Å². The zero-order chi connectivity index (χ0) is 29.4. The highest BCUT2D eigenvalue weighted by atomic mass is 32.1. The summed E-state index contributed by atoms with van der Waals surface area (Å²) in [4.78, 5) is 18.0. The van der Waals surface area contributed by atoms with Crippen LogP contribution in [-0.4, -0.2) is 32.8 Å². The number of thiocarbonyl (C=S) groups is 1. The molecule has 0 amide bonds. The smallest absolute Gasteiger partial charge is 0.271 e. The third kappa shape index (κ3) is 5.07. The van der Waals surface area contributed by atoms with Crippen molar-refractivity contribution in [3.05, 3.63) is 106 Å². The first-order valence-electron chi connectivity index (χ1n) is 14.1. The zero-order valence-electron chi connectivity index (χ0n) is 23.8. The van der Waals surface area contributed by atoms with Gasteiger partial charge in [-0.3, -0.25) is 15.1 Å². The van der Waals surface area contributed by atoms with E-state index in [4.69, 9.17) is 21.7 Å². The van der Waals surface area contributed by atoms with Crippen molar-refractivity contribution in [1.82, 2.24) is 14.9 Å². The molecule has 0 spiro atoms. The number of nitrogens with one attached hydrogen (secondary N) is 1. The Balaban J connectivity index is 1.44. The number of aryl methyl sites for hydroxylation is 1. The summed E-state index contributed by atoms with van der Waals surface area (Å²) in [5.74, 6) is 1.41. The molecule has 4 aromatic rings. The van der Waals surface area contributed by atoms with E-state index < -0.39 is 4.92 Å². The zero-order valence-corrected chi connectivity index (χ0v) is 24.6. The normalized spacial score (nSPS) is 18.7. The number of non-ortho nitro benzene ring substituents is 1. The molecule has 1 saturated carbocycles. The number of aromatic nitrogens is 2. The summed E-state index contributed by atoms with van der Waals surface area (Å²) < 4.78 is 13.9.